The molecule has 0 saturated carbocycles. The van der Waals surface area contributed by atoms with E-state index in [9.17, 15) is 0 Å². The van der Waals surface area contributed by atoms with E-state index in [1.807, 2.05) is 36.0 Å². The Morgan fingerprint density at radius 2 is 2.10 bits per heavy atom. The van der Waals surface area contributed by atoms with Crippen LogP contribution in [-0.2, 0) is 7.05 Å². The molecule has 2 aromatic heterocycles. The zero-order valence-electron chi connectivity index (χ0n) is 11.6. The first-order valence-electron chi connectivity index (χ1n) is 6.30. The molecule has 0 aliphatic carbocycles. The van der Waals surface area contributed by atoms with Gasteiger partial charge >= 0.3 is 0 Å². The molecule has 0 aliphatic rings. The van der Waals surface area contributed by atoms with Crippen LogP contribution in [0.15, 0.2) is 41.4 Å². The van der Waals surface area contributed by atoms with Crippen LogP contribution in [0.5, 0.6) is 5.75 Å². The Labute approximate surface area is 130 Å². The van der Waals surface area contributed by atoms with Gasteiger partial charge in [0.05, 0.1) is 25.1 Å². The van der Waals surface area contributed by atoms with Crippen molar-refractivity contribution in [2.45, 2.75) is 0 Å². The number of hydrogen-bond acceptors (Lipinski definition) is 3. The summed E-state index contributed by atoms with van der Waals surface area (Å²) < 4.78 is 8.00. The lowest BCUT2D eigenvalue weighted by Gasteiger charge is -2.00. The quantitative estimate of drug-likeness (QED) is 0.638. The van der Waals surface area contributed by atoms with Crippen LogP contribution in [0.1, 0.15) is 11.3 Å². The number of methoxy groups -OCH3 is 1. The zero-order valence-corrected chi connectivity index (χ0v) is 13.2. The van der Waals surface area contributed by atoms with Crippen molar-refractivity contribution >= 4 is 26.8 Å². The minimum atomic E-state index is 0.629. The molecule has 5 heteroatoms. The average molecular weight is 342 g/mol. The smallest absolute Gasteiger partial charge is 0.133 e. The first kappa shape index (κ1) is 13.7. The Balaban J connectivity index is 2.09. The maximum absolute atomic E-state index is 5.28. The summed E-state index contributed by atoms with van der Waals surface area (Å²) in [5, 5.41) is 1.06. The van der Waals surface area contributed by atoms with Crippen LogP contribution in [0.2, 0.25) is 0 Å². The summed E-state index contributed by atoms with van der Waals surface area (Å²) >= 11 is 3.29. The minimum Gasteiger partial charge on any atom is -0.497 e. The number of benzene rings is 1. The van der Waals surface area contributed by atoms with Crippen LogP contribution >= 0.6 is 15.9 Å². The molecule has 0 bridgehead atoms. The van der Waals surface area contributed by atoms with Crippen LogP contribution in [-0.4, -0.2) is 21.6 Å². The van der Waals surface area contributed by atoms with Gasteiger partial charge in [-0.2, -0.15) is 0 Å². The highest BCUT2D eigenvalue weighted by Gasteiger charge is 2.06. The summed E-state index contributed by atoms with van der Waals surface area (Å²) in [5.41, 5.74) is 2.68. The molecule has 4 nitrogen and oxygen atoms in total. The molecule has 0 fully saturated rings. The summed E-state index contributed by atoms with van der Waals surface area (Å²) in [5.74, 6) is 7.01. The van der Waals surface area contributed by atoms with Crippen molar-refractivity contribution in [2.75, 3.05) is 7.11 Å². The van der Waals surface area contributed by atoms with E-state index in [-0.39, 0.29) is 0 Å². The average Bonchev–Trinajstić information content (AvgIpc) is 2.81. The van der Waals surface area contributed by atoms with Crippen LogP contribution < -0.4 is 4.74 Å². The minimum absolute atomic E-state index is 0.629. The number of halogens is 1. The second kappa shape index (κ2) is 5.58. The van der Waals surface area contributed by atoms with E-state index in [4.69, 9.17) is 4.74 Å². The van der Waals surface area contributed by atoms with Crippen molar-refractivity contribution in [1.29, 1.82) is 0 Å². The number of fused-ring (bicyclic) bond motifs is 1. The molecule has 3 aromatic rings. The largest absolute Gasteiger partial charge is 0.497 e. The lowest BCUT2D eigenvalue weighted by molar-refractivity contribution is 0.415. The summed E-state index contributed by atoms with van der Waals surface area (Å²) in [7, 11) is 3.66. The van der Waals surface area contributed by atoms with Gasteiger partial charge in [-0.15, -0.1) is 0 Å². The van der Waals surface area contributed by atoms with Crippen molar-refractivity contribution in [3.8, 4) is 17.6 Å². The van der Waals surface area contributed by atoms with E-state index in [2.05, 4.69) is 37.7 Å². The molecule has 1 aromatic carbocycles. The first-order chi connectivity index (χ1) is 10.2. The third kappa shape index (κ3) is 2.76. The van der Waals surface area contributed by atoms with Gasteiger partial charge in [-0.25, -0.2) is 4.98 Å². The van der Waals surface area contributed by atoms with Crippen molar-refractivity contribution in [2.24, 2.45) is 7.05 Å². The highest BCUT2D eigenvalue weighted by Crippen LogP contribution is 2.24. The predicted molar refractivity (Wildman–Crippen MR) is 85.2 cm³/mol. The SMILES string of the molecule is COc1ccc2c(c1)c(C#Cc1cncc(Br)n1)cn2C. The molecule has 0 unspecified atom stereocenters. The fourth-order valence-electron chi connectivity index (χ4n) is 2.13. The number of ether oxygens (including phenoxy) is 1. The predicted octanol–water partition coefficient (Wildman–Crippen LogP) is 3.14. The highest BCUT2D eigenvalue weighted by molar-refractivity contribution is 9.10. The van der Waals surface area contributed by atoms with Crippen molar-refractivity contribution in [3.63, 3.8) is 0 Å². The zero-order chi connectivity index (χ0) is 14.8. The van der Waals surface area contributed by atoms with E-state index in [1.54, 1.807) is 19.5 Å². The Kier molecular flexibility index (Phi) is 3.63. The second-order valence-corrected chi connectivity index (χ2v) is 5.33. The number of nitrogens with zero attached hydrogens (tertiary/aromatic N) is 3. The Morgan fingerprint density at radius 3 is 2.86 bits per heavy atom. The summed E-state index contributed by atoms with van der Waals surface area (Å²) in [6.45, 7) is 0. The Hall–Kier alpha value is -2.32. The molecule has 0 spiro atoms. The van der Waals surface area contributed by atoms with Gasteiger partial charge in [-0.1, -0.05) is 5.92 Å². The number of hydrogen-bond donors (Lipinski definition) is 0. The van der Waals surface area contributed by atoms with E-state index >= 15 is 0 Å². The van der Waals surface area contributed by atoms with Crippen LogP contribution in [0.3, 0.4) is 0 Å². The lowest BCUT2D eigenvalue weighted by atomic mass is 10.1. The highest BCUT2D eigenvalue weighted by atomic mass is 79.9. The maximum atomic E-state index is 5.28. The molecule has 0 aliphatic heterocycles. The Morgan fingerprint density at radius 1 is 1.24 bits per heavy atom. The van der Waals surface area contributed by atoms with Gasteiger partial charge in [0.25, 0.3) is 0 Å². The third-order valence-corrected chi connectivity index (χ3v) is 3.51. The van der Waals surface area contributed by atoms with E-state index in [0.717, 1.165) is 22.2 Å². The first-order valence-corrected chi connectivity index (χ1v) is 7.09. The van der Waals surface area contributed by atoms with Gasteiger partial charge in [0.1, 0.15) is 16.0 Å². The summed E-state index contributed by atoms with van der Waals surface area (Å²) in [4.78, 5) is 8.31. The lowest BCUT2D eigenvalue weighted by Crippen LogP contribution is -1.85. The molecule has 2 heterocycles. The van der Waals surface area contributed by atoms with E-state index in [0.29, 0.717) is 10.3 Å². The summed E-state index contributed by atoms with van der Waals surface area (Å²) in [6.07, 6.45) is 5.28. The number of aryl methyl sites for hydroxylation is 1. The van der Waals surface area contributed by atoms with E-state index < -0.39 is 0 Å². The van der Waals surface area contributed by atoms with Crippen molar-refractivity contribution in [1.82, 2.24) is 14.5 Å². The molecule has 3 rings (SSSR count). The summed E-state index contributed by atoms with van der Waals surface area (Å²) in [6, 6.07) is 5.96. The number of rotatable bonds is 1. The Bertz CT molecular complexity index is 874. The molecule has 0 saturated heterocycles. The standard InChI is InChI=1S/C16H12BrN3O/c1-20-10-11(3-4-12-8-18-9-16(17)19-12)14-7-13(21-2)5-6-15(14)20/h5-10H,1-2H3. The molecular formula is C16H12BrN3O. The molecule has 0 amide bonds. The van der Waals surface area contributed by atoms with Crippen LogP contribution in [0.25, 0.3) is 10.9 Å². The molecule has 0 radical (unpaired) electrons. The van der Waals surface area contributed by atoms with Gasteiger partial charge in [0.2, 0.25) is 0 Å². The van der Waals surface area contributed by atoms with Crippen LogP contribution in [0, 0.1) is 11.8 Å². The topological polar surface area (TPSA) is 39.9 Å². The molecular weight excluding hydrogens is 330 g/mol. The third-order valence-electron chi connectivity index (χ3n) is 3.13. The van der Waals surface area contributed by atoms with Gasteiger partial charge in [-0.3, -0.25) is 4.98 Å². The molecule has 0 N–H and O–H groups in total. The fraction of sp³-hybridized carbons (Fsp3) is 0.125. The maximum Gasteiger partial charge on any atom is 0.133 e. The molecule has 21 heavy (non-hydrogen) atoms. The van der Waals surface area contributed by atoms with E-state index in [1.165, 1.54) is 0 Å². The van der Waals surface area contributed by atoms with Crippen molar-refractivity contribution < 1.29 is 4.74 Å². The monoisotopic (exact) mass is 341 g/mol. The van der Waals surface area contributed by atoms with Gasteiger partial charge in [0.15, 0.2) is 0 Å². The fourth-order valence-corrected chi connectivity index (χ4v) is 2.44. The molecule has 104 valence electrons. The van der Waals surface area contributed by atoms with Gasteiger partial charge < -0.3 is 9.30 Å². The van der Waals surface area contributed by atoms with Crippen LogP contribution in [0.4, 0.5) is 0 Å². The second-order valence-electron chi connectivity index (χ2n) is 4.51. The number of aromatic nitrogens is 3. The van der Waals surface area contributed by atoms with Gasteiger partial charge in [-0.05, 0) is 40.0 Å². The van der Waals surface area contributed by atoms with Gasteiger partial charge in [0, 0.05) is 24.1 Å². The molecule has 0 atom stereocenters. The normalized spacial score (nSPS) is 10.2. The van der Waals surface area contributed by atoms with Crippen molar-refractivity contribution in [3.05, 3.63) is 52.7 Å².